The van der Waals surface area contributed by atoms with Gasteiger partial charge in [-0.25, -0.2) is 0 Å². The van der Waals surface area contributed by atoms with E-state index < -0.39 is 0 Å². The average Bonchev–Trinajstić information content (AvgIpc) is 3.16. The third-order valence-corrected chi connectivity index (χ3v) is 6.66. The van der Waals surface area contributed by atoms with Gasteiger partial charge in [0.05, 0.1) is 13.2 Å². The summed E-state index contributed by atoms with van der Waals surface area (Å²) in [5.41, 5.74) is 12.6. The van der Waals surface area contributed by atoms with Crippen molar-refractivity contribution in [2.75, 3.05) is 39.4 Å². The van der Waals surface area contributed by atoms with Gasteiger partial charge in [0.1, 0.15) is 0 Å². The summed E-state index contributed by atoms with van der Waals surface area (Å²) in [5.74, 6) is 0.114. The van der Waals surface area contributed by atoms with Crippen LogP contribution in [0.5, 0.6) is 0 Å². The van der Waals surface area contributed by atoms with Crippen LogP contribution in [0.15, 0.2) is 30.3 Å². The Bertz CT molecular complexity index is 1000. The van der Waals surface area contributed by atoms with Crippen molar-refractivity contribution >= 4 is 11.8 Å². The second-order valence-electron chi connectivity index (χ2n) is 8.44. The maximum absolute atomic E-state index is 12.9. The van der Waals surface area contributed by atoms with Crippen molar-refractivity contribution in [3.8, 4) is 11.1 Å². The first-order valence-corrected chi connectivity index (χ1v) is 10.8. The Morgan fingerprint density at radius 3 is 2.53 bits per heavy atom. The van der Waals surface area contributed by atoms with E-state index in [1.807, 2.05) is 29.2 Å². The minimum Gasteiger partial charge on any atom is -0.378 e. The Balaban J connectivity index is 1.51. The van der Waals surface area contributed by atoms with Gasteiger partial charge in [0.2, 0.25) is 5.91 Å². The van der Waals surface area contributed by atoms with Gasteiger partial charge >= 0.3 is 0 Å². The topological polar surface area (TPSA) is 84.7 Å². The number of fused-ring (bicyclic) bond motifs is 3. The number of rotatable bonds is 3. The van der Waals surface area contributed by atoms with Gasteiger partial charge < -0.3 is 20.7 Å². The zero-order valence-corrected chi connectivity index (χ0v) is 17.1. The number of hydrogen-bond acceptors (Lipinski definition) is 4. The fourth-order valence-electron chi connectivity index (χ4n) is 5.01. The largest absolute Gasteiger partial charge is 0.378 e. The van der Waals surface area contributed by atoms with Crippen LogP contribution in [-0.2, 0) is 11.2 Å². The maximum atomic E-state index is 12.9. The summed E-state index contributed by atoms with van der Waals surface area (Å²) < 4.78 is 5.36. The Kier molecular flexibility index (Phi) is 5.05. The Hall–Kier alpha value is -2.70. The van der Waals surface area contributed by atoms with Crippen LogP contribution in [0.2, 0.25) is 0 Å². The predicted molar refractivity (Wildman–Crippen MR) is 115 cm³/mol. The molecule has 5 rings (SSSR count). The molecule has 3 aliphatic rings. The van der Waals surface area contributed by atoms with Crippen molar-refractivity contribution in [2.24, 2.45) is 5.73 Å². The summed E-state index contributed by atoms with van der Waals surface area (Å²) in [6.45, 7) is 4.42. The number of amides is 2. The highest BCUT2D eigenvalue weighted by atomic mass is 16.5. The van der Waals surface area contributed by atoms with Gasteiger partial charge in [-0.15, -0.1) is 0 Å². The SMILES string of the molecule is NC(=O)c1cc(C2CCNCC2)cc2c1Cc1cc(C(=O)N3CCOCC3)ccc1-2. The molecule has 2 heterocycles. The molecule has 0 saturated carbocycles. The lowest BCUT2D eigenvalue weighted by Crippen LogP contribution is -2.40. The van der Waals surface area contributed by atoms with Crippen molar-refractivity contribution in [3.63, 3.8) is 0 Å². The van der Waals surface area contributed by atoms with E-state index in [0.29, 0.717) is 49.8 Å². The van der Waals surface area contributed by atoms with Gasteiger partial charge in [0, 0.05) is 24.2 Å². The Morgan fingerprint density at radius 2 is 1.80 bits per heavy atom. The lowest BCUT2D eigenvalue weighted by atomic mass is 9.86. The molecule has 2 amide bonds. The standard InChI is InChI=1S/C24H27N3O3/c25-23(28)22-13-17(15-3-5-26-6-4-15)12-20-19-2-1-16(11-18(19)14-21(20)22)24(29)27-7-9-30-10-8-27/h1-2,11-13,15,26H,3-10,14H2,(H2,25,28). The molecule has 6 heteroatoms. The molecule has 2 saturated heterocycles. The normalized spacial score (nSPS) is 18.7. The fourth-order valence-corrected chi connectivity index (χ4v) is 5.01. The summed E-state index contributed by atoms with van der Waals surface area (Å²) in [5, 5.41) is 3.40. The Labute approximate surface area is 176 Å². The highest BCUT2D eigenvalue weighted by molar-refractivity contribution is 6.00. The van der Waals surface area contributed by atoms with Crippen molar-refractivity contribution in [1.29, 1.82) is 0 Å². The van der Waals surface area contributed by atoms with E-state index in [1.54, 1.807) is 0 Å². The van der Waals surface area contributed by atoms with E-state index in [4.69, 9.17) is 10.5 Å². The summed E-state index contributed by atoms with van der Waals surface area (Å²) in [4.78, 5) is 27.0. The smallest absolute Gasteiger partial charge is 0.254 e. The zero-order chi connectivity index (χ0) is 20.7. The highest BCUT2D eigenvalue weighted by Gasteiger charge is 2.28. The minimum atomic E-state index is -0.376. The number of carbonyl (C=O) groups is 2. The summed E-state index contributed by atoms with van der Waals surface area (Å²) in [7, 11) is 0. The number of nitrogens with two attached hydrogens (primary N) is 1. The first kappa shape index (κ1) is 19.3. The average molecular weight is 405 g/mol. The summed E-state index contributed by atoms with van der Waals surface area (Å²) in [6.07, 6.45) is 2.77. The lowest BCUT2D eigenvalue weighted by molar-refractivity contribution is 0.0303. The zero-order valence-electron chi connectivity index (χ0n) is 17.1. The first-order valence-electron chi connectivity index (χ1n) is 10.8. The molecule has 0 atom stereocenters. The van der Waals surface area contributed by atoms with Gasteiger partial charge in [-0.2, -0.15) is 0 Å². The third-order valence-electron chi connectivity index (χ3n) is 6.66. The van der Waals surface area contributed by atoms with E-state index in [1.165, 1.54) is 5.56 Å². The molecule has 1 aliphatic carbocycles. The van der Waals surface area contributed by atoms with Crippen molar-refractivity contribution in [3.05, 3.63) is 58.1 Å². The van der Waals surface area contributed by atoms with Crippen LogP contribution in [0.4, 0.5) is 0 Å². The van der Waals surface area contributed by atoms with Crippen molar-refractivity contribution < 1.29 is 14.3 Å². The predicted octanol–water partition coefficient (Wildman–Crippen LogP) is 2.30. The summed E-state index contributed by atoms with van der Waals surface area (Å²) >= 11 is 0. The second-order valence-corrected chi connectivity index (χ2v) is 8.44. The number of ether oxygens (including phenoxy) is 1. The fraction of sp³-hybridized carbons (Fsp3) is 0.417. The molecule has 2 aromatic carbocycles. The number of nitrogens with one attached hydrogen (secondary N) is 1. The highest BCUT2D eigenvalue weighted by Crippen LogP contribution is 2.41. The molecule has 0 unspecified atom stereocenters. The van der Waals surface area contributed by atoms with E-state index in [0.717, 1.165) is 48.2 Å². The number of piperidine rings is 1. The number of morpholine rings is 1. The van der Waals surface area contributed by atoms with Crippen LogP contribution < -0.4 is 11.1 Å². The molecule has 2 aromatic rings. The molecule has 0 radical (unpaired) electrons. The number of hydrogen-bond donors (Lipinski definition) is 2. The van der Waals surface area contributed by atoms with Crippen LogP contribution in [0.25, 0.3) is 11.1 Å². The molecular weight excluding hydrogens is 378 g/mol. The van der Waals surface area contributed by atoms with Gasteiger partial charge in [-0.1, -0.05) is 12.1 Å². The van der Waals surface area contributed by atoms with E-state index in [2.05, 4.69) is 11.4 Å². The van der Waals surface area contributed by atoms with E-state index >= 15 is 0 Å². The van der Waals surface area contributed by atoms with Crippen LogP contribution in [0.1, 0.15) is 56.2 Å². The number of carbonyl (C=O) groups excluding carboxylic acids is 2. The second kappa shape index (κ2) is 7.85. The van der Waals surface area contributed by atoms with Gasteiger partial charge in [0.15, 0.2) is 0 Å². The maximum Gasteiger partial charge on any atom is 0.254 e. The quantitative estimate of drug-likeness (QED) is 0.700. The molecule has 30 heavy (non-hydrogen) atoms. The third kappa shape index (κ3) is 3.40. The van der Waals surface area contributed by atoms with Gasteiger partial charge in [0.25, 0.3) is 5.91 Å². The number of nitrogens with zero attached hydrogens (tertiary/aromatic N) is 1. The van der Waals surface area contributed by atoms with Crippen LogP contribution in [0.3, 0.4) is 0 Å². The molecule has 3 N–H and O–H groups in total. The van der Waals surface area contributed by atoms with Crippen molar-refractivity contribution in [1.82, 2.24) is 10.2 Å². The van der Waals surface area contributed by atoms with Crippen molar-refractivity contribution in [2.45, 2.75) is 25.2 Å². The molecule has 0 bridgehead atoms. The van der Waals surface area contributed by atoms with Crippen LogP contribution in [0, 0.1) is 0 Å². The van der Waals surface area contributed by atoms with Crippen LogP contribution in [-0.4, -0.2) is 56.1 Å². The molecule has 2 aliphatic heterocycles. The van der Waals surface area contributed by atoms with Crippen LogP contribution >= 0.6 is 0 Å². The van der Waals surface area contributed by atoms with E-state index in [-0.39, 0.29) is 11.8 Å². The minimum absolute atomic E-state index is 0.0441. The molecule has 2 fully saturated rings. The molecular formula is C24H27N3O3. The number of benzene rings is 2. The van der Waals surface area contributed by atoms with Gasteiger partial charge in [-0.3, -0.25) is 9.59 Å². The van der Waals surface area contributed by atoms with E-state index in [9.17, 15) is 9.59 Å². The molecule has 156 valence electrons. The molecule has 0 aromatic heterocycles. The first-order chi connectivity index (χ1) is 14.6. The molecule has 6 nitrogen and oxygen atoms in total. The summed E-state index contributed by atoms with van der Waals surface area (Å²) in [6, 6.07) is 10.2. The lowest BCUT2D eigenvalue weighted by Gasteiger charge is -2.27. The number of primary amides is 1. The Morgan fingerprint density at radius 1 is 1.03 bits per heavy atom. The monoisotopic (exact) mass is 405 g/mol. The van der Waals surface area contributed by atoms with Gasteiger partial charge in [-0.05, 0) is 84.3 Å². The molecule has 0 spiro atoms.